The molecule has 24 heavy (non-hydrogen) atoms. The molecule has 1 aliphatic rings. The molecule has 3 nitrogen and oxygen atoms in total. The number of anilines is 1. The Bertz CT molecular complexity index is 696. The minimum atomic E-state index is -0.747. The third kappa shape index (κ3) is 4.67. The van der Waals surface area contributed by atoms with E-state index in [0.29, 0.717) is 11.0 Å². The van der Waals surface area contributed by atoms with Gasteiger partial charge in [0.2, 0.25) is 0 Å². The van der Waals surface area contributed by atoms with Crippen LogP contribution in [0.4, 0.5) is 5.69 Å². The fourth-order valence-corrected chi connectivity index (χ4v) is 4.86. The molecule has 2 aromatic rings. The van der Waals surface area contributed by atoms with Gasteiger partial charge in [-0.2, -0.15) is 0 Å². The number of hydrogen-bond acceptors (Lipinski definition) is 3. The number of hydrogen-bond donors (Lipinski definition) is 1. The summed E-state index contributed by atoms with van der Waals surface area (Å²) in [5.74, 6) is 0.673. The molecule has 3 rings (SSSR count). The summed E-state index contributed by atoms with van der Waals surface area (Å²) in [5.41, 5.74) is 4.68. The number of nitrogens with one attached hydrogen (secondary N) is 1. The topological polar surface area (TPSA) is 42.0 Å². The van der Waals surface area contributed by atoms with Crippen molar-refractivity contribution in [3.8, 4) is 0 Å². The lowest BCUT2D eigenvalue weighted by Gasteiger charge is -2.21. The van der Waals surface area contributed by atoms with E-state index in [2.05, 4.69) is 35.4 Å². The van der Waals surface area contributed by atoms with Crippen molar-refractivity contribution in [2.45, 2.75) is 56.6 Å². The molecule has 1 aromatic heterocycles. The minimum Gasteiger partial charge on any atom is -0.381 e. The van der Waals surface area contributed by atoms with Gasteiger partial charge in [-0.05, 0) is 54.7 Å². The fourth-order valence-electron chi connectivity index (χ4n) is 3.26. The predicted molar refractivity (Wildman–Crippen MR) is 101 cm³/mol. The number of rotatable bonds is 6. The molecule has 1 aromatic carbocycles. The summed E-state index contributed by atoms with van der Waals surface area (Å²) in [4.78, 5) is 4.19. The Balaban J connectivity index is 1.59. The zero-order valence-electron chi connectivity index (χ0n) is 14.3. The summed E-state index contributed by atoms with van der Waals surface area (Å²) >= 11 is 0. The summed E-state index contributed by atoms with van der Waals surface area (Å²) in [6.45, 7) is 2.86. The molecule has 0 aliphatic heterocycles. The van der Waals surface area contributed by atoms with E-state index < -0.39 is 10.8 Å². The standard InChI is InChI=1S/C20H26N2OS/c1-16-10-11-21-13-18(16)14-22-19-7-5-6-17(12-19)15-24(23)20-8-3-2-4-9-20/h5-7,10-13,20,22H,2-4,8-9,14-15H2,1H3/t24-/m0/s1. The first-order valence-electron chi connectivity index (χ1n) is 8.82. The molecular weight excluding hydrogens is 316 g/mol. The Labute approximate surface area is 147 Å². The molecule has 0 radical (unpaired) electrons. The summed E-state index contributed by atoms with van der Waals surface area (Å²) in [5, 5.41) is 3.85. The maximum atomic E-state index is 12.6. The van der Waals surface area contributed by atoms with Crippen LogP contribution < -0.4 is 5.32 Å². The molecule has 128 valence electrons. The van der Waals surface area contributed by atoms with E-state index in [0.717, 1.165) is 30.6 Å². The number of pyridine rings is 1. The van der Waals surface area contributed by atoms with Crippen molar-refractivity contribution < 1.29 is 4.21 Å². The van der Waals surface area contributed by atoms with Crippen molar-refractivity contribution in [2.75, 3.05) is 5.32 Å². The molecule has 4 heteroatoms. The van der Waals surface area contributed by atoms with E-state index >= 15 is 0 Å². The van der Waals surface area contributed by atoms with Gasteiger partial charge in [0.25, 0.3) is 0 Å². The summed E-state index contributed by atoms with van der Waals surface area (Å²) in [6.07, 6.45) is 9.77. The number of aromatic nitrogens is 1. The lowest BCUT2D eigenvalue weighted by molar-refractivity contribution is 0.504. The predicted octanol–water partition coefficient (Wildman–Crippen LogP) is 4.58. The van der Waals surface area contributed by atoms with Crippen LogP contribution in [0.5, 0.6) is 0 Å². The molecule has 0 amide bonds. The van der Waals surface area contributed by atoms with Crippen LogP contribution in [0.2, 0.25) is 0 Å². The van der Waals surface area contributed by atoms with E-state index in [4.69, 9.17) is 0 Å². The molecule has 0 saturated heterocycles. The Morgan fingerprint density at radius 2 is 2.04 bits per heavy atom. The Hall–Kier alpha value is -1.68. The number of aryl methyl sites for hydroxylation is 1. The van der Waals surface area contributed by atoms with Crippen LogP contribution in [0.1, 0.15) is 48.8 Å². The molecule has 1 atom stereocenters. The van der Waals surface area contributed by atoms with Crippen molar-refractivity contribution in [2.24, 2.45) is 0 Å². The maximum absolute atomic E-state index is 12.6. The van der Waals surface area contributed by atoms with Crippen LogP contribution in [0, 0.1) is 6.92 Å². The molecular formula is C20H26N2OS. The van der Waals surface area contributed by atoms with Gasteiger partial charge in [-0.1, -0.05) is 31.4 Å². The van der Waals surface area contributed by atoms with Gasteiger partial charge in [-0.3, -0.25) is 9.19 Å². The van der Waals surface area contributed by atoms with Gasteiger partial charge >= 0.3 is 0 Å². The van der Waals surface area contributed by atoms with Gasteiger partial charge in [0.15, 0.2) is 0 Å². The van der Waals surface area contributed by atoms with E-state index in [1.807, 2.05) is 24.5 Å². The summed E-state index contributed by atoms with van der Waals surface area (Å²) < 4.78 is 12.6. The highest BCUT2D eigenvalue weighted by Crippen LogP contribution is 2.24. The average Bonchev–Trinajstić information content (AvgIpc) is 2.62. The second kappa shape index (κ2) is 8.43. The second-order valence-electron chi connectivity index (χ2n) is 6.64. The maximum Gasteiger partial charge on any atom is 0.0489 e. The number of nitrogens with zero attached hydrogens (tertiary/aromatic N) is 1. The lowest BCUT2D eigenvalue weighted by Crippen LogP contribution is -2.19. The van der Waals surface area contributed by atoms with Crippen molar-refractivity contribution in [3.05, 3.63) is 59.4 Å². The van der Waals surface area contributed by atoms with Gasteiger partial charge in [-0.25, -0.2) is 0 Å². The van der Waals surface area contributed by atoms with Crippen molar-refractivity contribution in [1.82, 2.24) is 4.98 Å². The SMILES string of the molecule is Cc1ccncc1CNc1cccc(C[S@](=O)C2CCCCC2)c1. The Kier molecular flexibility index (Phi) is 6.02. The highest BCUT2D eigenvalue weighted by Gasteiger charge is 2.19. The molecule has 1 aliphatic carbocycles. The van der Waals surface area contributed by atoms with E-state index in [9.17, 15) is 4.21 Å². The Morgan fingerprint density at radius 1 is 1.21 bits per heavy atom. The van der Waals surface area contributed by atoms with Crippen LogP contribution in [0.3, 0.4) is 0 Å². The first-order valence-corrected chi connectivity index (χ1v) is 10.2. The molecule has 1 fully saturated rings. The van der Waals surface area contributed by atoms with Crippen LogP contribution >= 0.6 is 0 Å². The van der Waals surface area contributed by atoms with Crippen molar-refractivity contribution in [3.63, 3.8) is 0 Å². The van der Waals surface area contributed by atoms with E-state index in [-0.39, 0.29) is 0 Å². The molecule has 1 N–H and O–H groups in total. The number of benzene rings is 1. The van der Waals surface area contributed by atoms with Gasteiger partial charge in [0.1, 0.15) is 0 Å². The third-order valence-electron chi connectivity index (χ3n) is 4.79. The zero-order chi connectivity index (χ0) is 16.8. The highest BCUT2D eigenvalue weighted by atomic mass is 32.2. The smallest absolute Gasteiger partial charge is 0.0489 e. The molecule has 1 heterocycles. The summed E-state index contributed by atoms with van der Waals surface area (Å²) in [6, 6.07) is 10.4. The minimum absolute atomic E-state index is 0.397. The zero-order valence-corrected chi connectivity index (χ0v) is 15.1. The molecule has 0 unspecified atom stereocenters. The second-order valence-corrected chi connectivity index (χ2v) is 8.36. The monoisotopic (exact) mass is 342 g/mol. The molecule has 0 bridgehead atoms. The normalized spacial score (nSPS) is 16.7. The van der Waals surface area contributed by atoms with E-state index in [1.54, 1.807) is 0 Å². The first-order chi connectivity index (χ1) is 11.7. The molecule has 0 spiro atoms. The highest BCUT2D eigenvalue weighted by molar-refractivity contribution is 7.84. The Morgan fingerprint density at radius 3 is 2.83 bits per heavy atom. The third-order valence-corrected chi connectivity index (χ3v) is 6.62. The van der Waals surface area contributed by atoms with Crippen molar-refractivity contribution >= 4 is 16.5 Å². The van der Waals surface area contributed by atoms with Gasteiger partial charge in [0.05, 0.1) is 0 Å². The first kappa shape index (κ1) is 17.2. The van der Waals surface area contributed by atoms with Crippen LogP contribution in [-0.2, 0) is 23.1 Å². The quantitative estimate of drug-likeness (QED) is 0.835. The van der Waals surface area contributed by atoms with Gasteiger partial charge < -0.3 is 5.32 Å². The summed E-state index contributed by atoms with van der Waals surface area (Å²) in [7, 11) is -0.747. The largest absolute Gasteiger partial charge is 0.381 e. The van der Waals surface area contributed by atoms with Crippen LogP contribution in [-0.4, -0.2) is 14.4 Å². The lowest BCUT2D eigenvalue weighted by atomic mass is 10.0. The molecule has 1 saturated carbocycles. The van der Waals surface area contributed by atoms with Crippen LogP contribution in [0.15, 0.2) is 42.7 Å². The van der Waals surface area contributed by atoms with Gasteiger partial charge in [-0.15, -0.1) is 0 Å². The van der Waals surface area contributed by atoms with Crippen LogP contribution in [0.25, 0.3) is 0 Å². The fraction of sp³-hybridized carbons (Fsp3) is 0.450. The van der Waals surface area contributed by atoms with Crippen molar-refractivity contribution in [1.29, 1.82) is 0 Å². The van der Waals surface area contributed by atoms with Gasteiger partial charge in [0, 0.05) is 46.4 Å². The average molecular weight is 343 g/mol. The van der Waals surface area contributed by atoms with E-state index in [1.165, 1.54) is 30.4 Å².